The molecule has 0 aliphatic heterocycles. The van der Waals surface area contributed by atoms with Gasteiger partial charge in [-0.1, -0.05) is 24.3 Å². The van der Waals surface area contributed by atoms with Crippen molar-refractivity contribution in [3.05, 3.63) is 47.5 Å². The Bertz CT molecular complexity index is 421. The molecule has 0 saturated heterocycles. The van der Waals surface area contributed by atoms with Crippen LogP contribution in [0.1, 0.15) is 48.0 Å². The van der Waals surface area contributed by atoms with E-state index in [1.165, 1.54) is 24.8 Å². The summed E-state index contributed by atoms with van der Waals surface area (Å²) < 4.78 is 5.01. The molecule has 1 aromatic rings. The Labute approximate surface area is 102 Å². The molecular formula is C15H18O2. The lowest BCUT2D eigenvalue weighted by Gasteiger charge is -2.17. The Morgan fingerprint density at radius 3 is 3.06 bits per heavy atom. The molecule has 90 valence electrons. The molecule has 0 fully saturated rings. The van der Waals surface area contributed by atoms with E-state index in [0.717, 1.165) is 0 Å². The van der Waals surface area contributed by atoms with Gasteiger partial charge in [0, 0.05) is 5.92 Å². The van der Waals surface area contributed by atoms with Crippen LogP contribution in [0.25, 0.3) is 0 Å². The van der Waals surface area contributed by atoms with Crippen molar-refractivity contribution in [2.45, 2.75) is 32.1 Å². The summed E-state index contributed by atoms with van der Waals surface area (Å²) in [6.45, 7) is 2.25. The van der Waals surface area contributed by atoms with Crippen LogP contribution in [0.4, 0.5) is 0 Å². The number of hydrogen-bond acceptors (Lipinski definition) is 2. The molecule has 2 heteroatoms. The predicted molar refractivity (Wildman–Crippen MR) is 68.1 cm³/mol. The number of hydrogen-bond donors (Lipinski definition) is 0. The Hall–Kier alpha value is -1.57. The van der Waals surface area contributed by atoms with Crippen LogP contribution in [-0.2, 0) is 4.74 Å². The zero-order chi connectivity index (χ0) is 12.1. The van der Waals surface area contributed by atoms with Crippen molar-refractivity contribution in [1.82, 2.24) is 0 Å². The SMILES string of the molecule is CCOC(=O)c1cccc([C@@H]2C=CCCC2)c1. The van der Waals surface area contributed by atoms with Crippen LogP contribution >= 0.6 is 0 Å². The lowest BCUT2D eigenvalue weighted by molar-refractivity contribution is 0.0526. The van der Waals surface area contributed by atoms with E-state index in [4.69, 9.17) is 4.74 Å². The number of allylic oxidation sites excluding steroid dienone is 2. The van der Waals surface area contributed by atoms with E-state index in [9.17, 15) is 4.79 Å². The molecule has 1 aliphatic rings. The van der Waals surface area contributed by atoms with Gasteiger partial charge in [0.1, 0.15) is 0 Å². The van der Waals surface area contributed by atoms with Crippen LogP contribution in [0, 0.1) is 0 Å². The van der Waals surface area contributed by atoms with Crippen molar-refractivity contribution in [3.63, 3.8) is 0 Å². The number of esters is 1. The highest BCUT2D eigenvalue weighted by Crippen LogP contribution is 2.28. The van der Waals surface area contributed by atoms with Gasteiger partial charge >= 0.3 is 5.97 Å². The lowest BCUT2D eigenvalue weighted by atomic mass is 9.88. The molecule has 2 rings (SSSR count). The van der Waals surface area contributed by atoms with Crippen LogP contribution in [0.2, 0.25) is 0 Å². The summed E-state index contributed by atoms with van der Waals surface area (Å²) >= 11 is 0. The molecule has 1 aliphatic carbocycles. The summed E-state index contributed by atoms with van der Waals surface area (Å²) in [5.74, 6) is 0.229. The minimum absolute atomic E-state index is 0.228. The molecule has 17 heavy (non-hydrogen) atoms. The average Bonchev–Trinajstić information content (AvgIpc) is 2.40. The Kier molecular flexibility index (Phi) is 3.97. The van der Waals surface area contributed by atoms with E-state index in [2.05, 4.69) is 18.2 Å². The van der Waals surface area contributed by atoms with Gasteiger partial charge in [-0.15, -0.1) is 0 Å². The molecule has 0 heterocycles. The largest absolute Gasteiger partial charge is 0.462 e. The molecule has 0 amide bonds. The van der Waals surface area contributed by atoms with E-state index >= 15 is 0 Å². The number of benzene rings is 1. The Morgan fingerprint density at radius 1 is 1.47 bits per heavy atom. The molecule has 0 saturated carbocycles. The summed E-state index contributed by atoms with van der Waals surface area (Å²) in [6, 6.07) is 7.79. The van der Waals surface area contributed by atoms with Crippen molar-refractivity contribution < 1.29 is 9.53 Å². The minimum Gasteiger partial charge on any atom is -0.462 e. The molecular weight excluding hydrogens is 212 g/mol. The van der Waals surface area contributed by atoms with Gasteiger partial charge in [-0.2, -0.15) is 0 Å². The maximum absolute atomic E-state index is 11.6. The van der Waals surface area contributed by atoms with E-state index < -0.39 is 0 Å². The van der Waals surface area contributed by atoms with Crippen LogP contribution < -0.4 is 0 Å². The zero-order valence-corrected chi connectivity index (χ0v) is 10.2. The first-order valence-corrected chi connectivity index (χ1v) is 6.25. The molecule has 1 atom stereocenters. The second kappa shape index (κ2) is 5.67. The molecule has 2 nitrogen and oxygen atoms in total. The standard InChI is InChI=1S/C15H18O2/c1-2-17-15(16)14-10-6-9-13(11-14)12-7-4-3-5-8-12/h4,6-7,9-12H,2-3,5,8H2,1H3/t12-/m1/s1. The normalized spacial score (nSPS) is 19.0. The van der Waals surface area contributed by atoms with Crippen molar-refractivity contribution in [2.24, 2.45) is 0 Å². The lowest BCUT2D eigenvalue weighted by Crippen LogP contribution is -2.06. The second-order valence-electron chi connectivity index (χ2n) is 4.31. The third-order valence-electron chi connectivity index (χ3n) is 3.08. The number of rotatable bonds is 3. The summed E-state index contributed by atoms with van der Waals surface area (Å²) in [7, 11) is 0. The summed E-state index contributed by atoms with van der Waals surface area (Å²) in [5, 5.41) is 0. The third kappa shape index (κ3) is 2.96. The Balaban J connectivity index is 2.18. The highest BCUT2D eigenvalue weighted by Gasteiger charge is 2.13. The van der Waals surface area contributed by atoms with E-state index in [1.807, 2.05) is 25.1 Å². The molecule has 1 aromatic carbocycles. The predicted octanol–water partition coefficient (Wildman–Crippen LogP) is 3.69. The van der Waals surface area contributed by atoms with Crippen molar-refractivity contribution >= 4 is 5.97 Å². The van der Waals surface area contributed by atoms with Gasteiger partial charge in [-0.25, -0.2) is 4.79 Å². The highest BCUT2D eigenvalue weighted by molar-refractivity contribution is 5.89. The van der Waals surface area contributed by atoms with Gasteiger partial charge in [0.2, 0.25) is 0 Å². The van der Waals surface area contributed by atoms with Gasteiger partial charge in [0.15, 0.2) is 0 Å². The van der Waals surface area contributed by atoms with Gasteiger partial charge in [0.05, 0.1) is 12.2 Å². The van der Waals surface area contributed by atoms with Crippen molar-refractivity contribution in [3.8, 4) is 0 Å². The number of carbonyl (C=O) groups excluding carboxylic acids is 1. The fourth-order valence-corrected chi connectivity index (χ4v) is 2.20. The first-order valence-electron chi connectivity index (χ1n) is 6.25. The van der Waals surface area contributed by atoms with Gasteiger partial charge in [-0.05, 0) is 43.9 Å². The van der Waals surface area contributed by atoms with Crippen LogP contribution in [0.5, 0.6) is 0 Å². The first kappa shape index (κ1) is 11.9. The van der Waals surface area contributed by atoms with E-state index in [0.29, 0.717) is 18.1 Å². The van der Waals surface area contributed by atoms with Crippen molar-refractivity contribution in [1.29, 1.82) is 0 Å². The second-order valence-corrected chi connectivity index (χ2v) is 4.31. The molecule has 0 unspecified atom stereocenters. The maximum Gasteiger partial charge on any atom is 0.338 e. The van der Waals surface area contributed by atoms with Gasteiger partial charge in [-0.3, -0.25) is 0 Å². The topological polar surface area (TPSA) is 26.3 Å². The number of ether oxygens (including phenoxy) is 1. The average molecular weight is 230 g/mol. The van der Waals surface area contributed by atoms with Gasteiger partial charge < -0.3 is 4.74 Å². The monoisotopic (exact) mass is 230 g/mol. The molecule has 0 aromatic heterocycles. The van der Waals surface area contributed by atoms with Crippen molar-refractivity contribution in [2.75, 3.05) is 6.61 Å². The zero-order valence-electron chi connectivity index (χ0n) is 10.2. The highest BCUT2D eigenvalue weighted by atomic mass is 16.5. The number of carbonyl (C=O) groups is 1. The Morgan fingerprint density at radius 2 is 2.35 bits per heavy atom. The fraction of sp³-hybridized carbons (Fsp3) is 0.400. The van der Waals surface area contributed by atoms with Crippen LogP contribution in [0.15, 0.2) is 36.4 Å². The molecule has 0 bridgehead atoms. The molecule has 0 spiro atoms. The quantitative estimate of drug-likeness (QED) is 0.584. The summed E-state index contributed by atoms with van der Waals surface area (Å²) in [4.78, 5) is 11.6. The molecule has 0 N–H and O–H groups in total. The summed E-state index contributed by atoms with van der Waals surface area (Å²) in [6.07, 6.45) is 8.04. The van der Waals surface area contributed by atoms with Crippen LogP contribution in [-0.4, -0.2) is 12.6 Å². The summed E-state index contributed by atoms with van der Waals surface area (Å²) in [5.41, 5.74) is 1.87. The minimum atomic E-state index is -0.228. The third-order valence-corrected chi connectivity index (χ3v) is 3.08. The van der Waals surface area contributed by atoms with Gasteiger partial charge in [0.25, 0.3) is 0 Å². The fourth-order valence-electron chi connectivity index (χ4n) is 2.20. The van der Waals surface area contributed by atoms with E-state index in [-0.39, 0.29) is 5.97 Å². The maximum atomic E-state index is 11.6. The first-order chi connectivity index (χ1) is 8.31. The molecule has 0 radical (unpaired) electrons. The smallest absolute Gasteiger partial charge is 0.338 e. The van der Waals surface area contributed by atoms with E-state index in [1.54, 1.807) is 0 Å². The van der Waals surface area contributed by atoms with Crippen LogP contribution in [0.3, 0.4) is 0 Å².